The molecular weight excluding hydrogens is 240 g/mol. The molecule has 0 unspecified atom stereocenters. The smallest absolute Gasteiger partial charge is 0.242 e. The summed E-state index contributed by atoms with van der Waals surface area (Å²) in [5.41, 5.74) is 6.53. The Bertz CT molecular complexity index is 382. The van der Waals surface area contributed by atoms with Crippen molar-refractivity contribution in [2.45, 2.75) is 52.9 Å². The van der Waals surface area contributed by atoms with E-state index in [4.69, 9.17) is 10.5 Å². The molecule has 5 heteroatoms. The highest BCUT2D eigenvalue weighted by molar-refractivity contribution is 5.66. The first-order valence-electron chi connectivity index (χ1n) is 7.25. The van der Waals surface area contributed by atoms with E-state index in [1.807, 2.05) is 13.8 Å². The number of aryl methyl sites for hydroxylation is 1. The maximum absolute atomic E-state index is 6.02. The van der Waals surface area contributed by atoms with E-state index in [0.29, 0.717) is 24.0 Å². The van der Waals surface area contributed by atoms with Crippen LogP contribution < -0.4 is 15.8 Å². The maximum Gasteiger partial charge on any atom is 0.242 e. The minimum atomic E-state index is 0.491. The number of nitrogen functional groups attached to an aromatic ring is 1. The molecule has 0 aromatic carbocycles. The van der Waals surface area contributed by atoms with Gasteiger partial charge in [0.1, 0.15) is 11.5 Å². The third kappa shape index (κ3) is 4.93. The second kappa shape index (κ2) is 8.56. The first-order valence-corrected chi connectivity index (χ1v) is 7.25. The molecule has 0 amide bonds. The summed E-state index contributed by atoms with van der Waals surface area (Å²) in [4.78, 5) is 8.72. The second-order valence-corrected chi connectivity index (χ2v) is 4.48. The predicted octanol–water partition coefficient (Wildman–Crippen LogP) is 3.01. The van der Waals surface area contributed by atoms with Crippen LogP contribution in [0.3, 0.4) is 0 Å². The fourth-order valence-corrected chi connectivity index (χ4v) is 1.79. The van der Waals surface area contributed by atoms with Gasteiger partial charge in [0.2, 0.25) is 5.88 Å². The average Bonchev–Trinajstić information content (AvgIpc) is 2.42. The predicted molar refractivity (Wildman–Crippen MR) is 79.6 cm³/mol. The lowest BCUT2D eigenvalue weighted by atomic mass is 10.2. The van der Waals surface area contributed by atoms with E-state index in [1.54, 1.807) is 0 Å². The Morgan fingerprint density at radius 2 is 1.89 bits per heavy atom. The number of aromatic nitrogens is 2. The van der Waals surface area contributed by atoms with Gasteiger partial charge in [0, 0.05) is 13.0 Å². The van der Waals surface area contributed by atoms with E-state index in [1.165, 1.54) is 19.3 Å². The molecule has 0 saturated heterocycles. The van der Waals surface area contributed by atoms with E-state index in [0.717, 1.165) is 25.2 Å². The van der Waals surface area contributed by atoms with Crippen molar-refractivity contribution in [3.8, 4) is 5.88 Å². The number of rotatable bonds is 9. The summed E-state index contributed by atoms with van der Waals surface area (Å²) in [6.07, 6.45) is 5.64. The Balaban J connectivity index is 2.67. The average molecular weight is 266 g/mol. The van der Waals surface area contributed by atoms with Crippen LogP contribution in [0, 0.1) is 0 Å². The molecule has 108 valence electrons. The van der Waals surface area contributed by atoms with Crippen molar-refractivity contribution in [3.05, 3.63) is 5.82 Å². The summed E-state index contributed by atoms with van der Waals surface area (Å²) in [6, 6.07) is 0. The lowest BCUT2D eigenvalue weighted by Gasteiger charge is -2.13. The molecule has 3 N–H and O–H groups in total. The summed E-state index contributed by atoms with van der Waals surface area (Å²) in [6.45, 7) is 7.59. The molecule has 0 aliphatic rings. The summed E-state index contributed by atoms with van der Waals surface area (Å²) in [5.74, 6) is 1.95. The summed E-state index contributed by atoms with van der Waals surface area (Å²) >= 11 is 0. The topological polar surface area (TPSA) is 73.1 Å². The fourth-order valence-electron chi connectivity index (χ4n) is 1.79. The Labute approximate surface area is 116 Å². The molecule has 0 bridgehead atoms. The highest BCUT2D eigenvalue weighted by Crippen LogP contribution is 2.26. The molecule has 0 fully saturated rings. The molecular formula is C14H26N4O. The number of ether oxygens (including phenoxy) is 1. The van der Waals surface area contributed by atoms with Gasteiger partial charge in [0.05, 0.1) is 6.61 Å². The van der Waals surface area contributed by atoms with Crippen molar-refractivity contribution >= 4 is 11.5 Å². The zero-order valence-electron chi connectivity index (χ0n) is 12.3. The quantitative estimate of drug-likeness (QED) is 0.672. The van der Waals surface area contributed by atoms with Gasteiger partial charge in [-0.05, 0) is 13.3 Å². The van der Waals surface area contributed by atoms with Crippen LogP contribution in [-0.2, 0) is 6.42 Å². The molecule has 0 radical (unpaired) electrons. The molecule has 1 rings (SSSR count). The first kappa shape index (κ1) is 15.5. The van der Waals surface area contributed by atoms with Crippen LogP contribution >= 0.6 is 0 Å². The number of anilines is 2. The SMILES string of the molecule is CCCCCCNc1nc(CC)nc(OCC)c1N. The van der Waals surface area contributed by atoms with Gasteiger partial charge in [-0.25, -0.2) is 4.98 Å². The molecule has 19 heavy (non-hydrogen) atoms. The number of hydrogen-bond donors (Lipinski definition) is 2. The van der Waals surface area contributed by atoms with Gasteiger partial charge in [0.25, 0.3) is 0 Å². The molecule has 1 heterocycles. The Morgan fingerprint density at radius 1 is 1.11 bits per heavy atom. The van der Waals surface area contributed by atoms with Crippen LogP contribution in [0.4, 0.5) is 11.5 Å². The molecule has 0 aliphatic carbocycles. The molecule has 5 nitrogen and oxygen atoms in total. The summed E-state index contributed by atoms with van der Waals surface area (Å²) in [5, 5.41) is 3.29. The van der Waals surface area contributed by atoms with Gasteiger partial charge in [-0.3, -0.25) is 0 Å². The third-order valence-corrected chi connectivity index (χ3v) is 2.88. The van der Waals surface area contributed by atoms with Crippen molar-refractivity contribution < 1.29 is 4.74 Å². The molecule has 1 aromatic heterocycles. The fraction of sp³-hybridized carbons (Fsp3) is 0.714. The number of nitrogens with two attached hydrogens (primary N) is 1. The van der Waals surface area contributed by atoms with E-state index in [-0.39, 0.29) is 0 Å². The number of unbranched alkanes of at least 4 members (excludes halogenated alkanes) is 3. The van der Waals surface area contributed by atoms with Crippen LogP contribution in [0.15, 0.2) is 0 Å². The van der Waals surface area contributed by atoms with Crippen molar-refractivity contribution in [2.75, 3.05) is 24.2 Å². The minimum Gasteiger partial charge on any atom is -0.476 e. The van der Waals surface area contributed by atoms with Crippen molar-refractivity contribution in [3.63, 3.8) is 0 Å². The zero-order valence-corrected chi connectivity index (χ0v) is 12.3. The number of hydrogen-bond acceptors (Lipinski definition) is 5. The van der Waals surface area contributed by atoms with E-state index in [9.17, 15) is 0 Å². The van der Waals surface area contributed by atoms with Crippen LogP contribution in [0.25, 0.3) is 0 Å². The van der Waals surface area contributed by atoms with Gasteiger partial charge in [-0.2, -0.15) is 4.98 Å². The standard InChI is InChI=1S/C14H26N4O/c1-4-7-8-9-10-16-13-12(15)14(19-6-3)18-11(5-2)17-13/h4-10,15H2,1-3H3,(H,16,17,18). The molecule has 0 saturated carbocycles. The third-order valence-electron chi connectivity index (χ3n) is 2.88. The van der Waals surface area contributed by atoms with Gasteiger partial charge in [0.15, 0.2) is 5.82 Å². The second-order valence-electron chi connectivity index (χ2n) is 4.48. The number of nitrogens with one attached hydrogen (secondary N) is 1. The largest absolute Gasteiger partial charge is 0.476 e. The van der Waals surface area contributed by atoms with Crippen molar-refractivity contribution in [1.29, 1.82) is 0 Å². The first-order chi connectivity index (χ1) is 9.22. The maximum atomic E-state index is 6.02. The molecule has 1 aromatic rings. The van der Waals surface area contributed by atoms with Gasteiger partial charge in [-0.15, -0.1) is 0 Å². The monoisotopic (exact) mass is 266 g/mol. The van der Waals surface area contributed by atoms with Crippen LogP contribution in [0.5, 0.6) is 5.88 Å². The zero-order chi connectivity index (χ0) is 14.1. The van der Waals surface area contributed by atoms with Gasteiger partial charge >= 0.3 is 0 Å². The minimum absolute atomic E-state index is 0.491. The van der Waals surface area contributed by atoms with Crippen LogP contribution in [0.2, 0.25) is 0 Å². The van der Waals surface area contributed by atoms with E-state index >= 15 is 0 Å². The van der Waals surface area contributed by atoms with Crippen molar-refractivity contribution in [2.24, 2.45) is 0 Å². The van der Waals surface area contributed by atoms with Crippen LogP contribution in [0.1, 0.15) is 52.3 Å². The molecule has 0 spiro atoms. The van der Waals surface area contributed by atoms with Crippen LogP contribution in [-0.4, -0.2) is 23.1 Å². The molecule has 0 atom stereocenters. The van der Waals surface area contributed by atoms with Gasteiger partial charge < -0.3 is 15.8 Å². The normalized spacial score (nSPS) is 10.5. The highest BCUT2D eigenvalue weighted by atomic mass is 16.5. The summed E-state index contributed by atoms with van der Waals surface area (Å²) < 4.78 is 5.45. The Morgan fingerprint density at radius 3 is 2.53 bits per heavy atom. The number of nitrogens with zero attached hydrogens (tertiary/aromatic N) is 2. The molecule has 0 aliphatic heterocycles. The lowest BCUT2D eigenvalue weighted by Crippen LogP contribution is -2.11. The van der Waals surface area contributed by atoms with E-state index in [2.05, 4.69) is 22.2 Å². The summed E-state index contributed by atoms with van der Waals surface area (Å²) in [7, 11) is 0. The highest BCUT2D eigenvalue weighted by Gasteiger charge is 2.11. The Hall–Kier alpha value is -1.52. The van der Waals surface area contributed by atoms with Gasteiger partial charge in [-0.1, -0.05) is 33.1 Å². The lowest BCUT2D eigenvalue weighted by molar-refractivity contribution is 0.327. The van der Waals surface area contributed by atoms with E-state index < -0.39 is 0 Å². The van der Waals surface area contributed by atoms with Crippen molar-refractivity contribution in [1.82, 2.24) is 9.97 Å². The Kier molecular flexibility index (Phi) is 7.00.